The number of H-pyrrole nitrogens is 1. The van der Waals surface area contributed by atoms with Crippen molar-refractivity contribution in [3.05, 3.63) is 46.6 Å². The summed E-state index contributed by atoms with van der Waals surface area (Å²) in [5.41, 5.74) is 0.452. The van der Waals surface area contributed by atoms with E-state index in [9.17, 15) is 18.0 Å². The Balaban J connectivity index is 2.25. The molecule has 1 aromatic heterocycles. The van der Waals surface area contributed by atoms with Crippen molar-refractivity contribution >= 4 is 0 Å². The molecule has 0 spiro atoms. The van der Waals surface area contributed by atoms with E-state index in [1.54, 1.807) is 0 Å². The normalized spacial score (nSPS) is 11.4. The van der Waals surface area contributed by atoms with Crippen LogP contribution >= 0.6 is 0 Å². The van der Waals surface area contributed by atoms with Gasteiger partial charge in [0.1, 0.15) is 11.6 Å². The van der Waals surface area contributed by atoms with E-state index >= 15 is 0 Å². The minimum atomic E-state index is -4.73. The fourth-order valence-electron chi connectivity index (χ4n) is 1.84. The fraction of sp³-hybridized carbons (Fsp3) is 0.286. The maximum absolute atomic E-state index is 12.1. The van der Waals surface area contributed by atoms with Crippen LogP contribution in [0.15, 0.2) is 35.3 Å². The quantitative estimate of drug-likeness (QED) is 0.942. The molecule has 2 aromatic rings. The van der Waals surface area contributed by atoms with Gasteiger partial charge in [-0.25, -0.2) is 4.98 Å². The zero-order chi connectivity index (χ0) is 15.5. The molecule has 0 aliphatic rings. The summed E-state index contributed by atoms with van der Waals surface area (Å²) in [5.74, 6) is 0.251. The molecule has 1 heterocycles. The van der Waals surface area contributed by atoms with Crippen LogP contribution in [0.4, 0.5) is 13.2 Å². The number of aromatic amines is 1. The second-order valence-electron chi connectivity index (χ2n) is 4.39. The summed E-state index contributed by atoms with van der Waals surface area (Å²) >= 11 is 0. The Bertz CT molecular complexity index is 663. The SMILES string of the molecule is CCCc1ncc(-c2ccc(OC(F)(F)F)cc2)c(=O)[nH]1. The van der Waals surface area contributed by atoms with Crippen LogP contribution in [0.3, 0.4) is 0 Å². The van der Waals surface area contributed by atoms with Gasteiger partial charge in [0.05, 0.1) is 5.56 Å². The predicted molar refractivity (Wildman–Crippen MR) is 71.0 cm³/mol. The smallest absolute Gasteiger partial charge is 0.406 e. The lowest BCUT2D eigenvalue weighted by molar-refractivity contribution is -0.274. The average molecular weight is 298 g/mol. The number of nitrogens with one attached hydrogen (secondary N) is 1. The molecule has 0 bridgehead atoms. The van der Waals surface area contributed by atoms with Gasteiger partial charge in [0.15, 0.2) is 0 Å². The van der Waals surface area contributed by atoms with Crippen LogP contribution in [-0.4, -0.2) is 16.3 Å². The van der Waals surface area contributed by atoms with E-state index in [-0.39, 0.29) is 11.3 Å². The number of aromatic nitrogens is 2. The highest BCUT2D eigenvalue weighted by molar-refractivity contribution is 5.62. The van der Waals surface area contributed by atoms with Gasteiger partial charge < -0.3 is 9.72 Å². The molecule has 0 aliphatic carbocycles. The summed E-state index contributed by atoms with van der Waals surface area (Å²) in [6, 6.07) is 5.07. The number of ether oxygens (including phenoxy) is 1. The maximum atomic E-state index is 12.1. The largest absolute Gasteiger partial charge is 0.573 e. The van der Waals surface area contributed by atoms with Gasteiger partial charge in [0, 0.05) is 12.6 Å². The van der Waals surface area contributed by atoms with Crippen molar-refractivity contribution in [1.82, 2.24) is 9.97 Å². The summed E-state index contributed by atoms with van der Waals surface area (Å²) in [5, 5.41) is 0. The van der Waals surface area contributed by atoms with Crippen LogP contribution in [0.2, 0.25) is 0 Å². The summed E-state index contributed by atoms with van der Waals surface area (Å²) in [7, 11) is 0. The molecule has 0 fully saturated rings. The van der Waals surface area contributed by atoms with E-state index in [2.05, 4.69) is 14.7 Å². The molecule has 1 aromatic carbocycles. The molecular weight excluding hydrogens is 285 g/mol. The number of hydrogen-bond acceptors (Lipinski definition) is 3. The summed E-state index contributed by atoms with van der Waals surface area (Å²) in [6.07, 6.45) is -1.80. The Labute approximate surface area is 118 Å². The highest BCUT2D eigenvalue weighted by atomic mass is 19.4. The number of halogens is 3. The van der Waals surface area contributed by atoms with Gasteiger partial charge in [-0.1, -0.05) is 19.1 Å². The molecule has 0 atom stereocenters. The molecule has 0 unspecified atom stereocenters. The monoisotopic (exact) mass is 298 g/mol. The number of rotatable bonds is 4. The van der Waals surface area contributed by atoms with Gasteiger partial charge in [-0.15, -0.1) is 13.2 Å². The maximum Gasteiger partial charge on any atom is 0.573 e. The van der Waals surface area contributed by atoms with Crippen molar-refractivity contribution in [2.24, 2.45) is 0 Å². The van der Waals surface area contributed by atoms with E-state index < -0.39 is 6.36 Å². The molecule has 0 saturated carbocycles. The van der Waals surface area contributed by atoms with Gasteiger partial charge in [-0.3, -0.25) is 4.79 Å². The average Bonchev–Trinajstić information content (AvgIpc) is 2.39. The van der Waals surface area contributed by atoms with Crippen LogP contribution in [0, 0.1) is 0 Å². The molecule has 0 amide bonds. The van der Waals surface area contributed by atoms with Crippen LogP contribution in [0.25, 0.3) is 11.1 Å². The molecule has 21 heavy (non-hydrogen) atoms. The lowest BCUT2D eigenvalue weighted by Gasteiger charge is -2.09. The van der Waals surface area contributed by atoms with Crippen LogP contribution < -0.4 is 10.3 Å². The molecule has 1 N–H and O–H groups in total. The summed E-state index contributed by atoms with van der Waals surface area (Å²) in [4.78, 5) is 18.7. The van der Waals surface area contributed by atoms with Crippen LogP contribution in [0.5, 0.6) is 5.75 Å². The minimum absolute atomic E-state index is 0.299. The number of nitrogens with zero attached hydrogens (tertiary/aromatic N) is 1. The zero-order valence-electron chi connectivity index (χ0n) is 11.2. The van der Waals surface area contributed by atoms with Gasteiger partial charge in [-0.05, 0) is 24.1 Å². The molecule has 2 rings (SSSR count). The van der Waals surface area contributed by atoms with Crippen molar-refractivity contribution in [2.75, 3.05) is 0 Å². The first kappa shape index (κ1) is 15.1. The Kier molecular flexibility index (Phi) is 4.30. The van der Waals surface area contributed by atoms with E-state index in [1.807, 2.05) is 6.92 Å². The van der Waals surface area contributed by atoms with Crippen LogP contribution in [-0.2, 0) is 6.42 Å². The van der Waals surface area contributed by atoms with Crippen molar-refractivity contribution in [3.63, 3.8) is 0 Å². The van der Waals surface area contributed by atoms with E-state index in [0.717, 1.165) is 18.6 Å². The molecule has 112 valence electrons. The van der Waals surface area contributed by atoms with Crippen molar-refractivity contribution in [1.29, 1.82) is 0 Å². The van der Waals surface area contributed by atoms with Crippen molar-refractivity contribution in [3.8, 4) is 16.9 Å². The minimum Gasteiger partial charge on any atom is -0.406 e. The molecule has 0 aliphatic heterocycles. The highest BCUT2D eigenvalue weighted by Crippen LogP contribution is 2.25. The lowest BCUT2D eigenvalue weighted by atomic mass is 10.1. The number of aryl methyl sites for hydroxylation is 1. The Hall–Kier alpha value is -2.31. The third kappa shape index (κ3) is 4.08. The van der Waals surface area contributed by atoms with Gasteiger partial charge >= 0.3 is 6.36 Å². The van der Waals surface area contributed by atoms with E-state index in [4.69, 9.17) is 0 Å². The van der Waals surface area contributed by atoms with E-state index in [1.165, 1.54) is 18.3 Å². The fourth-order valence-corrected chi connectivity index (χ4v) is 1.84. The first-order valence-electron chi connectivity index (χ1n) is 6.33. The number of alkyl halides is 3. The topological polar surface area (TPSA) is 55.0 Å². The second-order valence-corrected chi connectivity index (χ2v) is 4.39. The van der Waals surface area contributed by atoms with Gasteiger partial charge in [-0.2, -0.15) is 0 Å². The summed E-state index contributed by atoms with van der Waals surface area (Å²) < 4.78 is 39.9. The molecule has 0 radical (unpaired) electrons. The van der Waals surface area contributed by atoms with Crippen molar-refractivity contribution in [2.45, 2.75) is 26.1 Å². The third-order valence-electron chi connectivity index (χ3n) is 2.74. The second kappa shape index (κ2) is 5.99. The highest BCUT2D eigenvalue weighted by Gasteiger charge is 2.30. The van der Waals surface area contributed by atoms with E-state index in [0.29, 0.717) is 23.4 Å². The number of hydrogen-bond donors (Lipinski definition) is 1. The molecular formula is C14H13F3N2O2. The Morgan fingerprint density at radius 1 is 1.24 bits per heavy atom. The predicted octanol–water partition coefficient (Wildman–Crippen LogP) is 3.29. The van der Waals surface area contributed by atoms with Crippen LogP contribution in [0.1, 0.15) is 19.2 Å². The molecule has 4 nitrogen and oxygen atoms in total. The molecule has 0 saturated heterocycles. The zero-order valence-corrected chi connectivity index (χ0v) is 11.2. The van der Waals surface area contributed by atoms with Gasteiger partial charge in [0.2, 0.25) is 0 Å². The Morgan fingerprint density at radius 3 is 2.43 bits per heavy atom. The molecule has 7 heteroatoms. The van der Waals surface area contributed by atoms with Gasteiger partial charge in [0.25, 0.3) is 5.56 Å². The standard InChI is InChI=1S/C14H13F3N2O2/c1-2-3-12-18-8-11(13(20)19-12)9-4-6-10(7-5-9)21-14(15,16)17/h4-8H,2-3H2,1H3,(H,18,19,20). The first-order chi connectivity index (χ1) is 9.89. The number of benzene rings is 1. The lowest BCUT2D eigenvalue weighted by Crippen LogP contribution is -2.17. The third-order valence-corrected chi connectivity index (χ3v) is 2.74. The first-order valence-corrected chi connectivity index (χ1v) is 6.33. The summed E-state index contributed by atoms with van der Waals surface area (Å²) in [6.45, 7) is 1.97. The Morgan fingerprint density at radius 2 is 1.90 bits per heavy atom. The van der Waals surface area contributed by atoms with Crippen molar-refractivity contribution < 1.29 is 17.9 Å².